The van der Waals surface area contributed by atoms with Gasteiger partial charge >= 0.3 is 0 Å². The first-order chi connectivity index (χ1) is 13.5. The maximum absolute atomic E-state index is 12.7. The molecule has 4 nitrogen and oxygen atoms in total. The van der Waals surface area contributed by atoms with Gasteiger partial charge in [0.25, 0.3) is 0 Å². The van der Waals surface area contributed by atoms with Crippen LogP contribution in [0.1, 0.15) is 37.8 Å². The lowest BCUT2D eigenvalue weighted by Crippen LogP contribution is -3.07. The smallest absolute Gasteiger partial charge is 0.133 e. The molecule has 1 unspecified atom stereocenters. The van der Waals surface area contributed by atoms with Crippen molar-refractivity contribution in [1.29, 1.82) is 0 Å². The Kier molecular flexibility index (Phi) is 5.83. The average molecular weight is 382 g/mol. The molecule has 0 amide bonds. The Hall–Kier alpha value is -1.72. The third kappa shape index (κ3) is 4.64. The van der Waals surface area contributed by atoms with Crippen LogP contribution >= 0.6 is 0 Å². The fourth-order valence-corrected chi connectivity index (χ4v) is 4.89. The van der Waals surface area contributed by atoms with Crippen molar-refractivity contribution in [2.75, 3.05) is 6.54 Å². The van der Waals surface area contributed by atoms with Gasteiger partial charge < -0.3 is 19.7 Å². The van der Waals surface area contributed by atoms with E-state index in [4.69, 9.17) is 9.47 Å². The van der Waals surface area contributed by atoms with Gasteiger partial charge in [0.2, 0.25) is 0 Å². The molecule has 0 spiro atoms. The number of rotatable bonds is 7. The van der Waals surface area contributed by atoms with E-state index in [0.717, 1.165) is 24.0 Å². The molecule has 0 radical (unpaired) electrons. The lowest BCUT2D eigenvalue weighted by atomic mass is 9.88. The summed E-state index contributed by atoms with van der Waals surface area (Å²) in [6, 6.07) is 20.2. The van der Waals surface area contributed by atoms with Crippen LogP contribution in [0.4, 0.5) is 0 Å². The molecule has 150 valence electrons. The maximum atomic E-state index is 12.7. The van der Waals surface area contributed by atoms with Crippen LogP contribution in [-0.4, -0.2) is 24.9 Å². The second kappa shape index (κ2) is 8.34. The molecule has 1 aliphatic carbocycles. The molecule has 4 rings (SSSR count). The van der Waals surface area contributed by atoms with E-state index in [-0.39, 0.29) is 28.8 Å². The summed E-state index contributed by atoms with van der Waals surface area (Å²) < 4.78 is 12.8. The van der Waals surface area contributed by atoms with Crippen LogP contribution in [0.3, 0.4) is 0 Å². The highest BCUT2D eigenvalue weighted by molar-refractivity contribution is 5.14. The monoisotopic (exact) mass is 381 g/mol. The van der Waals surface area contributed by atoms with E-state index in [1.807, 2.05) is 48.5 Å². The highest BCUT2D eigenvalue weighted by atomic mass is 16.6. The Balaban J connectivity index is 1.42. The number of quaternary nitrogens is 1. The van der Waals surface area contributed by atoms with Crippen LogP contribution in [0.15, 0.2) is 60.7 Å². The molecule has 5 atom stereocenters. The maximum Gasteiger partial charge on any atom is 0.133 e. The van der Waals surface area contributed by atoms with Crippen LogP contribution in [0.5, 0.6) is 0 Å². The third-order valence-corrected chi connectivity index (χ3v) is 6.12. The van der Waals surface area contributed by atoms with Gasteiger partial charge in [-0.3, -0.25) is 0 Å². The minimum atomic E-state index is -0.133. The van der Waals surface area contributed by atoms with Crippen molar-refractivity contribution >= 4 is 0 Å². The van der Waals surface area contributed by atoms with Gasteiger partial charge in [-0.05, 0) is 23.8 Å². The van der Waals surface area contributed by atoms with E-state index in [9.17, 15) is 5.21 Å². The number of fused-ring (bicyclic) bond motifs is 1. The quantitative estimate of drug-likeness (QED) is 0.748. The summed E-state index contributed by atoms with van der Waals surface area (Å²) in [5, 5.41) is 12.9. The van der Waals surface area contributed by atoms with Crippen molar-refractivity contribution in [1.82, 2.24) is 0 Å². The first-order valence-corrected chi connectivity index (χ1v) is 10.4. The van der Waals surface area contributed by atoms with Crippen LogP contribution in [0, 0.1) is 16.5 Å². The fourth-order valence-electron chi connectivity index (χ4n) is 4.89. The Bertz CT molecular complexity index is 749. The number of benzene rings is 2. The van der Waals surface area contributed by atoms with Crippen molar-refractivity contribution in [2.45, 2.75) is 58.2 Å². The molecule has 1 saturated carbocycles. The second-order valence-corrected chi connectivity index (χ2v) is 9.12. The lowest BCUT2D eigenvalue weighted by Gasteiger charge is -2.30. The average Bonchev–Trinajstić information content (AvgIpc) is 3.12. The van der Waals surface area contributed by atoms with Crippen molar-refractivity contribution in [3.05, 3.63) is 77.0 Å². The minimum absolute atomic E-state index is 0.00768. The molecule has 1 saturated heterocycles. The number of ether oxygens (including phenoxy) is 2. The number of hydrogen-bond acceptors (Lipinski definition) is 3. The number of hydrogen-bond donors (Lipinski definition) is 1. The summed E-state index contributed by atoms with van der Waals surface area (Å²) in [5.74, 6) is 0.383. The summed E-state index contributed by atoms with van der Waals surface area (Å²) >= 11 is 0. The Morgan fingerprint density at radius 1 is 1.00 bits per heavy atom. The van der Waals surface area contributed by atoms with Crippen LogP contribution in [0.2, 0.25) is 0 Å². The van der Waals surface area contributed by atoms with Crippen molar-refractivity contribution in [2.24, 2.45) is 11.3 Å². The molecule has 1 N–H and O–H groups in total. The van der Waals surface area contributed by atoms with E-state index < -0.39 is 0 Å². The molecular weight excluding hydrogens is 350 g/mol. The van der Waals surface area contributed by atoms with Crippen molar-refractivity contribution in [3.63, 3.8) is 0 Å². The van der Waals surface area contributed by atoms with E-state index in [1.54, 1.807) is 0 Å². The Labute approximate surface area is 168 Å². The van der Waals surface area contributed by atoms with Crippen molar-refractivity contribution < 1.29 is 14.5 Å². The summed E-state index contributed by atoms with van der Waals surface area (Å²) in [7, 11) is 0. The van der Waals surface area contributed by atoms with Crippen LogP contribution < -0.4 is 5.06 Å². The molecule has 4 heteroatoms. The summed E-state index contributed by atoms with van der Waals surface area (Å²) in [5.41, 5.74) is 2.51. The SMILES string of the molecule is CC1(C)C[C@H]2[C@@H](OCc3ccccc3)[C@@H](C[NH+]([O-])Cc3ccccc3)O[C@@H]2C1. The van der Waals surface area contributed by atoms with Gasteiger partial charge in [-0.1, -0.05) is 74.5 Å². The lowest BCUT2D eigenvalue weighted by molar-refractivity contribution is -0.866. The van der Waals surface area contributed by atoms with Gasteiger partial charge in [0, 0.05) is 11.5 Å². The standard InChI is InChI=1S/C24H31NO3/c1-24(2)13-20-21(14-24)28-22(16-25(26)15-18-9-5-3-6-10-18)23(20)27-17-19-11-7-4-8-12-19/h3-12,20-23,25H,13-17H2,1-2H3/t20-,21-,22-,23-/m1/s1. The normalized spacial score (nSPS) is 29.5. The van der Waals surface area contributed by atoms with Gasteiger partial charge in [0.1, 0.15) is 19.2 Å². The predicted molar refractivity (Wildman–Crippen MR) is 110 cm³/mol. The summed E-state index contributed by atoms with van der Waals surface area (Å²) in [6.45, 7) is 6.08. The molecule has 2 aromatic carbocycles. The molecule has 2 fully saturated rings. The molecule has 2 aliphatic rings. The Morgan fingerprint density at radius 2 is 1.64 bits per heavy atom. The zero-order valence-corrected chi connectivity index (χ0v) is 16.8. The first kappa shape index (κ1) is 19.6. The first-order valence-electron chi connectivity index (χ1n) is 10.4. The fraction of sp³-hybridized carbons (Fsp3) is 0.500. The molecule has 1 heterocycles. The predicted octanol–water partition coefficient (Wildman–Crippen LogP) is 3.36. The van der Waals surface area contributed by atoms with Gasteiger partial charge in [-0.2, -0.15) is 0 Å². The van der Waals surface area contributed by atoms with Gasteiger partial charge in [0.05, 0.1) is 18.8 Å². The zero-order valence-electron chi connectivity index (χ0n) is 16.8. The van der Waals surface area contributed by atoms with E-state index >= 15 is 0 Å². The largest absolute Gasteiger partial charge is 0.634 e. The second-order valence-electron chi connectivity index (χ2n) is 9.12. The van der Waals surface area contributed by atoms with E-state index in [0.29, 0.717) is 25.6 Å². The van der Waals surface area contributed by atoms with E-state index in [1.165, 1.54) is 0 Å². The highest BCUT2D eigenvalue weighted by Crippen LogP contribution is 2.49. The minimum Gasteiger partial charge on any atom is -0.634 e. The molecule has 0 aromatic heterocycles. The molecule has 0 bridgehead atoms. The van der Waals surface area contributed by atoms with Gasteiger partial charge in [-0.25, -0.2) is 0 Å². The topological polar surface area (TPSA) is 46.0 Å². The summed E-state index contributed by atoms with van der Waals surface area (Å²) in [6.07, 6.45) is 2.22. The Morgan fingerprint density at radius 3 is 2.32 bits per heavy atom. The molecule has 1 aliphatic heterocycles. The zero-order chi connectivity index (χ0) is 19.6. The summed E-state index contributed by atoms with van der Waals surface area (Å²) in [4.78, 5) is 0. The van der Waals surface area contributed by atoms with Crippen LogP contribution in [-0.2, 0) is 22.6 Å². The van der Waals surface area contributed by atoms with Crippen LogP contribution in [0.25, 0.3) is 0 Å². The van der Waals surface area contributed by atoms with Gasteiger partial charge in [0.15, 0.2) is 0 Å². The van der Waals surface area contributed by atoms with E-state index in [2.05, 4.69) is 26.0 Å². The molecule has 28 heavy (non-hydrogen) atoms. The molecule has 2 aromatic rings. The third-order valence-electron chi connectivity index (χ3n) is 6.12. The van der Waals surface area contributed by atoms with Crippen molar-refractivity contribution in [3.8, 4) is 0 Å². The number of nitrogens with one attached hydrogen (secondary N) is 1. The molecular formula is C24H31NO3. The number of hydroxylamine groups is 2. The highest BCUT2D eigenvalue weighted by Gasteiger charge is 2.53. The van der Waals surface area contributed by atoms with Gasteiger partial charge in [-0.15, -0.1) is 0 Å².